The molecule has 6 nitrogen and oxygen atoms in total. The summed E-state index contributed by atoms with van der Waals surface area (Å²) >= 11 is 0. The lowest BCUT2D eigenvalue weighted by molar-refractivity contribution is 0.156. The second kappa shape index (κ2) is 7.17. The first-order valence-electron chi connectivity index (χ1n) is 8.35. The maximum atomic E-state index is 5.62. The fourth-order valence-corrected chi connectivity index (χ4v) is 3.34. The van der Waals surface area contributed by atoms with E-state index in [1.54, 1.807) is 13.3 Å². The highest BCUT2D eigenvalue weighted by molar-refractivity contribution is 5.80. The number of guanidine groups is 1. The first kappa shape index (κ1) is 16.1. The van der Waals surface area contributed by atoms with Crippen LogP contribution in [-0.4, -0.2) is 55.8 Å². The van der Waals surface area contributed by atoms with Crippen molar-refractivity contribution in [3.05, 3.63) is 23.9 Å². The zero-order valence-electron chi connectivity index (χ0n) is 14.0. The van der Waals surface area contributed by atoms with Crippen LogP contribution in [0.5, 0.6) is 5.88 Å². The van der Waals surface area contributed by atoms with Gasteiger partial charge in [-0.15, -0.1) is 0 Å². The number of aromatic nitrogens is 1. The summed E-state index contributed by atoms with van der Waals surface area (Å²) in [5, 5.41) is 3.42. The number of nitrogens with zero attached hydrogens (tertiary/aromatic N) is 3. The van der Waals surface area contributed by atoms with Crippen LogP contribution in [0.4, 0.5) is 0 Å². The molecule has 0 aliphatic carbocycles. The quantitative estimate of drug-likeness (QED) is 0.676. The third kappa shape index (κ3) is 3.75. The van der Waals surface area contributed by atoms with Crippen LogP contribution in [0, 0.1) is 5.41 Å². The highest BCUT2D eigenvalue weighted by Gasteiger charge is 2.42. The fraction of sp³-hybridized carbons (Fsp3) is 0.647. The number of hydrogen-bond acceptors (Lipinski definition) is 4. The number of rotatable bonds is 4. The molecule has 6 heteroatoms. The Morgan fingerprint density at radius 3 is 3.17 bits per heavy atom. The monoisotopic (exact) mass is 318 g/mol. The van der Waals surface area contributed by atoms with E-state index in [1.807, 2.05) is 12.1 Å². The lowest BCUT2D eigenvalue weighted by Crippen LogP contribution is -2.41. The Balaban J connectivity index is 1.68. The maximum absolute atomic E-state index is 5.62. The summed E-state index contributed by atoms with van der Waals surface area (Å²) in [7, 11) is 1.63. The van der Waals surface area contributed by atoms with E-state index in [1.165, 1.54) is 12.8 Å². The molecule has 1 atom stereocenters. The molecule has 2 saturated heterocycles. The summed E-state index contributed by atoms with van der Waals surface area (Å²) < 4.78 is 10.8. The minimum absolute atomic E-state index is 0.343. The number of pyridine rings is 1. The van der Waals surface area contributed by atoms with Gasteiger partial charge >= 0.3 is 0 Å². The number of nitrogens with one attached hydrogen (secondary N) is 1. The van der Waals surface area contributed by atoms with Crippen LogP contribution in [0.15, 0.2) is 23.3 Å². The Morgan fingerprint density at radius 1 is 1.52 bits per heavy atom. The molecular weight excluding hydrogens is 292 g/mol. The minimum Gasteiger partial charge on any atom is -0.481 e. The van der Waals surface area contributed by atoms with Gasteiger partial charge in [-0.05, 0) is 31.4 Å². The van der Waals surface area contributed by atoms with Crippen molar-refractivity contribution in [2.75, 3.05) is 40.0 Å². The van der Waals surface area contributed by atoms with Gasteiger partial charge in [-0.1, -0.05) is 0 Å². The fourth-order valence-electron chi connectivity index (χ4n) is 3.34. The normalized spacial score (nSPS) is 24.4. The Morgan fingerprint density at radius 2 is 2.43 bits per heavy atom. The van der Waals surface area contributed by atoms with Gasteiger partial charge in [-0.3, -0.25) is 0 Å². The van der Waals surface area contributed by atoms with Crippen LogP contribution in [-0.2, 0) is 11.3 Å². The van der Waals surface area contributed by atoms with Gasteiger partial charge in [-0.25, -0.2) is 9.98 Å². The minimum atomic E-state index is 0.343. The summed E-state index contributed by atoms with van der Waals surface area (Å²) in [6.45, 7) is 7.49. The highest BCUT2D eigenvalue weighted by atomic mass is 16.5. The summed E-state index contributed by atoms with van der Waals surface area (Å²) in [5.74, 6) is 1.62. The summed E-state index contributed by atoms with van der Waals surface area (Å²) in [5.41, 5.74) is 1.45. The first-order valence-corrected chi connectivity index (χ1v) is 8.35. The van der Waals surface area contributed by atoms with E-state index in [0.29, 0.717) is 17.8 Å². The Bertz CT molecular complexity index is 555. The van der Waals surface area contributed by atoms with Crippen molar-refractivity contribution < 1.29 is 9.47 Å². The molecule has 1 unspecified atom stereocenters. The second-order valence-corrected chi connectivity index (χ2v) is 6.35. The molecule has 1 aromatic heterocycles. The van der Waals surface area contributed by atoms with Gasteiger partial charge in [0.1, 0.15) is 0 Å². The molecule has 1 N–H and O–H groups in total. The maximum Gasteiger partial charge on any atom is 0.213 e. The number of methoxy groups -OCH3 is 1. The molecule has 23 heavy (non-hydrogen) atoms. The molecule has 2 aliphatic rings. The SMILES string of the molecule is CCNC(=NCc1ccnc(OC)c1)N1CCC2(CCOC2)C1. The van der Waals surface area contributed by atoms with Gasteiger partial charge in [0, 0.05) is 43.9 Å². The first-order chi connectivity index (χ1) is 11.2. The third-order valence-corrected chi connectivity index (χ3v) is 4.68. The standard InChI is InChI=1S/C17H26N4O2/c1-3-18-16(20-11-14-4-7-19-15(10-14)22-2)21-8-5-17(12-21)6-9-23-13-17/h4,7,10H,3,5-6,8-9,11-13H2,1-2H3,(H,18,20). The molecule has 1 spiro atoms. The molecule has 0 bridgehead atoms. The van der Waals surface area contributed by atoms with Gasteiger partial charge in [-0.2, -0.15) is 0 Å². The molecule has 126 valence electrons. The van der Waals surface area contributed by atoms with Gasteiger partial charge in [0.15, 0.2) is 5.96 Å². The van der Waals surface area contributed by atoms with E-state index < -0.39 is 0 Å². The molecule has 0 saturated carbocycles. The van der Waals surface area contributed by atoms with Crippen molar-refractivity contribution in [2.24, 2.45) is 10.4 Å². The van der Waals surface area contributed by atoms with Gasteiger partial charge in [0.05, 0.1) is 20.3 Å². The lowest BCUT2D eigenvalue weighted by Gasteiger charge is -2.25. The average molecular weight is 318 g/mol. The van der Waals surface area contributed by atoms with Crippen LogP contribution < -0.4 is 10.1 Å². The van der Waals surface area contributed by atoms with Crippen molar-refractivity contribution in [3.63, 3.8) is 0 Å². The van der Waals surface area contributed by atoms with Crippen molar-refractivity contribution in [3.8, 4) is 5.88 Å². The van der Waals surface area contributed by atoms with Crippen LogP contribution in [0.3, 0.4) is 0 Å². The predicted octanol–water partition coefficient (Wildman–Crippen LogP) is 1.67. The van der Waals surface area contributed by atoms with E-state index in [2.05, 4.69) is 22.1 Å². The number of likely N-dealkylation sites (tertiary alicyclic amines) is 1. The number of hydrogen-bond donors (Lipinski definition) is 1. The molecule has 2 aliphatic heterocycles. The van der Waals surface area contributed by atoms with Crippen molar-refractivity contribution >= 4 is 5.96 Å². The molecule has 1 aromatic rings. The summed E-state index contributed by atoms with van der Waals surface area (Å²) in [6, 6.07) is 3.91. The van der Waals surface area contributed by atoms with Gasteiger partial charge in [0.2, 0.25) is 5.88 Å². The van der Waals surface area contributed by atoms with Gasteiger partial charge < -0.3 is 19.7 Å². The van der Waals surface area contributed by atoms with Crippen molar-refractivity contribution in [2.45, 2.75) is 26.3 Å². The van der Waals surface area contributed by atoms with E-state index in [0.717, 1.165) is 44.4 Å². The second-order valence-electron chi connectivity index (χ2n) is 6.35. The smallest absolute Gasteiger partial charge is 0.213 e. The average Bonchev–Trinajstić information content (AvgIpc) is 3.22. The topological polar surface area (TPSA) is 59.0 Å². The molecule has 3 rings (SSSR count). The van der Waals surface area contributed by atoms with Crippen molar-refractivity contribution in [1.82, 2.24) is 15.2 Å². The van der Waals surface area contributed by atoms with Gasteiger partial charge in [0.25, 0.3) is 0 Å². The van der Waals surface area contributed by atoms with Crippen LogP contribution in [0.1, 0.15) is 25.3 Å². The Hall–Kier alpha value is -1.82. The van der Waals surface area contributed by atoms with E-state index in [4.69, 9.17) is 14.5 Å². The molecular formula is C17H26N4O2. The molecule has 3 heterocycles. The molecule has 0 amide bonds. The summed E-state index contributed by atoms with van der Waals surface area (Å²) in [4.78, 5) is 11.3. The number of ether oxygens (including phenoxy) is 2. The zero-order chi connectivity index (χ0) is 16.1. The largest absolute Gasteiger partial charge is 0.481 e. The van der Waals surface area contributed by atoms with E-state index >= 15 is 0 Å². The highest BCUT2D eigenvalue weighted by Crippen LogP contribution is 2.38. The Kier molecular flexibility index (Phi) is 5.00. The zero-order valence-corrected chi connectivity index (χ0v) is 14.0. The van der Waals surface area contributed by atoms with Crippen LogP contribution >= 0.6 is 0 Å². The van der Waals surface area contributed by atoms with E-state index in [-0.39, 0.29) is 0 Å². The lowest BCUT2D eigenvalue weighted by atomic mass is 9.87. The number of aliphatic imine (C=N–C) groups is 1. The Labute approximate surface area is 137 Å². The molecule has 0 aromatic carbocycles. The van der Waals surface area contributed by atoms with Crippen LogP contribution in [0.2, 0.25) is 0 Å². The summed E-state index contributed by atoms with van der Waals surface area (Å²) in [6.07, 6.45) is 4.13. The third-order valence-electron chi connectivity index (χ3n) is 4.68. The van der Waals surface area contributed by atoms with Crippen molar-refractivity contribution in [1.29, 1.82) is 0 Å². The predicted molar refractivity (Wildman–Crippen MR) is 89.7 cm³/mol. The molecule has 2 fully saturated rings. The van der Waals surface area contributed by atoms with E-state index in [9.17, 15) is 0 Å². The van der Waals surface area contributed by atoms with Crippen LogP contribution in [0.25, 0.3) is 0 Å². The molecule has 0 radical (unpaired) electrons.